The summed E-state index contributed by atoms with van der Waals surface area (Å²) in [4.78, 5) is 30.1. The van der Waals surface area contributed by atoms with Crippen LogP contribution in [0, 0.1) is 6.92 Å². The van der Waals surface area contributed by atoms with Crippen molar-refractivity contribution in [1.29, 1.82) is 0 Å². The molecule has 0 saturated carbocycles. The summed E-state index contributed by atoms with van der Waals surface area (Å²) in [5.41, 5.74) is 0.434. The van der Waals surface area contributed by atoms with Gasteiger partial charge < -0.3 is 5.32 Å². The fourth-order valence-electron chi connectivity index (χ4n) is 3.17. The summed E-state index contributed by atoms with van der Waals surface area (Å²) in [5, 5.41) is 4.34. The molecule has 10 heteroatoms. The summed E-state index contributed by atoms with van der Waals surface area (Å²) in [5.74, 6) is -0.498. The van der Waals surface area contributed by atoms with Gasteiger partial charge in [-0.1, -0.05) is 0 Å². The molecule has 1 aromatic carbocycles. The fraction of sp³-hybridized carbons (Fsp3) is 0.278. The van der Waals surface area contributed by atoms with Crippen molar-refractivity contribution in [2.45, 2.75) is 24.7 Å². The van der Waals surface area contributed by atoms with E-state index in [0.717, 1.165) is 12.8 Å². The van der Waals surface area contributed by atoms with Gasteiger partial charge in [-0.3, -0.25) is 14.0 Å². The number of benzene rings is 1. The molecule has 146 valence electrons. The van der Waals surface area contributed by atoms with Gasteiger partial charge in [-0.05, 0) is 44.0 Å². The van der Waals surface area contributed by atoms with Crippen molar-refractivity contribution in [2.75, 3.05) is 18.4 Å². The van der Waals surface area contributed by atoms with Gasteiger partial charge in [0.25, 0.3) is 11.5 Å². The Labute approximate surface area is 165 Å². The molecule has 8 nitrogen and oxygen atoms in total. The number of amides is 1. The van der Waals surface area contributed by atoms with Gasteiger partial charge in [0.2, 0.25) is 10.0 Å². The van der Waals surface area contributed by atoms with E-state index in [-0.39, 0.29) is 21.7 Å². The Hall–Kier alpha value is -2.56. The third-order valence-corrected chi connectivity index (χ3v) is 7.37. The molecule has 1 fully saturated rings. The monoisotopic (exact) mass is 418 g/mol. The van der Waals surface area contributed by atoms with Gasteiger partial charge in [0, 0.05) is 30.2 Å². The molecule has 0 atom stereocenters. The Morgan fingerprint density at radius 2 is 1.86 bits per heavy atom. The first-order chi connectivity index (χ1) is 13.4. The molecule has 1 aliphatic rings. The van der Waals surface area contributed by atoms with Crippen molar-refractivity contribution in [3.05, 3.63) is 57.5 Å². The van der Waals surface area contributed by atoms with E-state index >= 15 is 0 Å². The number of hydrogen-bond acceptors (Lipinski definition) is 6. The summed E-state index contributed by atoms with van der Waals surface area (Å²) >= 11 is 1.33. The minimum atomic E-state index is -3.53. The number of nitrogens with zero attached hydrogens (tertiary/aromatic N) is 3. The highest BCUT2D eigenvalue weighted by Crippen LogP contribution is 2.21. The molecule has 0 unspecified atom stereocenters. The van der Waals surface area contributed by atoms with Gasteiger partial charge in [-0.25, -0.2) is 13.4 Å². The molecule has 2 aromatic heterocycles. The van der Waals surface area contributed by atoms with Crippen LogP contribution in [-0.2, 0) is 10.0 Å². The predicted molar refractivity (Wildman–Crippen MR) is 106 cm³/mol. The van der Waals surface area contributed by atoms with E-state index in [1.807, 2.05) is 0 Å². The molecule has 0 radical (unpaired) electrons. The van der Waals surface area contributed by atoms with Crippen LogP contribution in [0.1, 0.15) is 28.9 Å². The number of aromatic nitrogens is 2. The second-order valence-electron chi connectivity index (χ2n) is 6.52. The summed E-state index contributed by atoms with van der Waals surface area (Å²) in [6.45, 7) is 2.69. The second-order valence-corrected chi connectivity index (χ2v) is 9.33. The quantitative estimate of drug-likeness (QED) is 0.699. The molecule has 3 heterocycles. The van der Waals surface area contributed by atoms with Gasteiger partial charge in [0.1, 0.15) is 5.69 Å². The Morgan fingerprint density at radius 1 is 1.18 bits per heavy atom. The van der Waals surface area contributed by atoms with E-state index in [4.69, 9.17) is 0 Å². The first-order valence-corrected chi connectivity index (χ1v) is 11.1. The summed E-state index contributed by atoms with van der Waals surface area (Å²) in [7, 11) is -3.53. The smallest absolute Gasteiger partial charge is 0.282 e. The summed E-state index contributed by atoms with van der Waals surface area (Å²) < 4.78 is 28.0. The van der Waals surface area contributed by atoms with E-state index < -0.39 is 15.9 Å². The van der Waals surface area contributed by atoms with Crippen LogP contribution in [0.3, 0.4) is 0 Å². The molecule has 28 heavy (non-hydrogen) atoms. The standard InChI is InChI=1S/C18H18N4O4S2/c1-12-15(17(24)22-10-11-27-18(22)19-12)20-16(23)13-4-6-14(7-5-13)28(25,26)21-8-2-3-9-21/h4-7,10-11H,2-3,8-9H2,1H3,(H,20,23). The maximum Gasteiger partial charge on any atom is 0.282 e. The Bertz CT molecular complexity index is 1210. The van der Waals surface area contributed by atoms with Crippen LogP contribution in [-0.4, -0.2) is 41.1 Å². The number of fused-ring (bicyclic) bond motifs is 1. The van der Waals surface area contributed by atoms with E-state index in [0.29, 0.717) is 23.7 Å². The molecule has 3 aromatic rings. The molecule has 0 spiro atoms. The molecule has 4 rings (SSSR count). The number of rotatable bonds is 4. The SMILES string of the molecule is Cc1nc2sccn2c(=O)c1NC(=O)c1ccc(S(=O)(=O)N2CCCC2)cc1. The first-order valence-electron chi connectivity index (χ1n) is 8.76. The van der Waals surface area contributed by atoms with E-state index in [9.17, 15) is 18.0 Å². The Morgan fingerprint density at radius 3 is 2.54 bits per heavy atom. The van der Waals surface area contributed by atoms with Crippen molar-refractivity contribution >= 4 is 37.9 Å². The molecular formula is C18H18N4O4S2. The lowest BCUT2D eigenvalue weighted by Gasteiger charge is -2.15. The number of carbonyl (C=O) groups excluding carboxylic acids is 1. The van der Waals surface area contributed by atoms with E-state index in [2.05, 4.69) is 10.3 Å². The number of nitrogens with one attached hydrogen (secondary N) is 1. The molecule has 1 N–H and O–H groups in total. The third kappa shape index (κ3) is 3.23. The average molecular weight is 419 g/mol. The lowest BCUT2D eigenvalue weighted by molar-refractivity contribution is 0.102. The number of hydrogen-bond donors (Lipinski definition) is 1. The molecule has 0 bridgehead atoms. The molecular weight excluding hydrogens is 400 g/mol. The number of thiazole rings is 1. The number of sulfonamides is 1. The molecule has 0 aliphatic carbocycles. The number of carbonyl (C=O) groups is 1. The lowest BCUT2D eigenvalue weighted by atomic mass is 10.2. The number of anilines is 1. The maximum absolute atomic E-state index is 12.6. The largest absolute Gasteiger partial charge is 0.316 e. The zero-order valence-electron chi connectivity index (χ0n) is 15.1. The zero-order valence-corrected chi connectivity index (χ0v) is 16.7. The van der Waals surface area contributed by atoms with Gasteiger partial charge in [0.15, 0.2) is 4.96 Å². The Balaban J connectivity index is 1.59. The predicted octanol–water partition coefficient (Wildman–Crippen LogP) is 2.10. The molecule has 1 aliphatic heterocycles. The van der Waals surface area contributed by atoms with Gasteiger partial charge in [-0.2, -0.15) is 4.31 Å². The normalized spacial score (nSPS) is 15.2. The summed E-state index contributed by atoms with van der Waals surface area (Å²) in [6, 6.07) is 5.73. The van der Waals surface area contributed by atoms with Crippen LogP contribution in [0.25, 0.3) is 4.96 Å². The van der Waals surface area contributed by atoms with Crippen molar-refractivity contribution in [3.63, 3.8) is 0 Å². The van der Waals surface area contributed by atoms with Crippen LogP contribution in [0.4, 0.5) is 5.69 Å². The van der Waals surface area contributed by atoms with E-state index in [1.165, 1.54) is 44.3 Å². The van der Waals surface area contributed by atoms with Crippen LogP contribution < -0.4 is 10.9 Å². The first kappa shape index (κ1) is 18.8. The van der Waals surface area contributed by atoms with E-state index in [1.54, 1.807) is 18.5 Å². The fourth-order valence-corrected chi connectivity index (χ4v) is 5.44. The number of aryl methyl sites for hydroxylation is 1. The van der Waals surface area contributed by atoms with Gasteiger partial charge in [-0.15, -0.1) is 11.3 Å². The minimum absolute atomic E-state index is 0.106. The lowest BCUT2D eigenvalue weighted by Crippen LogP contribution is -2.28. The summed E-state index contributed by atoms with van der Waals surface area (Å²) in [6.07, 6.45) is 3.32. The van der Waals surface area contributed by atoms with Crippen LogP contribution >= 0.6 is 11.3 Å². The molecule has 1 saturated heterocycles. The topological polar surface area (TPSA) is 101 Å². The van der Waals surface area contributed by atoms with Crippen LogP contribution in [0.2, 0.25) is 0 Å². The maximum atomic E-state index is 12.6. The van der Waals surface area contributed by atoms with Gasteiger partial charge >= 0.3 is 0 Å². The van der Waals surface area contributed by atoms with Crippen molar-refractivity contribution < 1.29 is 13.2 Å². The third-order valence-electron chi connectivity index (χ3n) is 4.71. The van der Waals surface area contributed by atoms with Crippen LogP contribution in [0.5, 0.6) is 0 Å². The zero-order chi connectivity index (χ0) is 19.9. The average Bonchev–Trinajstić information content (AvgIpc) is 3.37. The highest BCUT2D eigenvalue weighted by Gasteiger charge is 2.27. The van der Waals surface area contributed by atoms with Crippen molar-refractivity contribution in [2.24, 2.45) is 0 Å². The van der Waals surface area contributed by atoms with Crippen molar-refractivity contribution in [1.82, 2.24) is 13.7 Å². The Kier molecular flexibility index (Phi) is 4.77. The highest BCUT2D eigenvalue weighted by atomic mass is 32.2. The van der Waals surface area contributed by atoms with Gasteiger partial charge in [0.05, 0.1) is 10.6 Å². The van der Waals surface area contributed by atoms with Crippen LogP contribution in [0.15, 0.2) is 45.5 Å². The second kappa shape index (κ2) is 7.12. The van der Waals surface area contributed by atoms with Crippen molar-refractivity contribution in [3.8, 4) is 0 Å². The highest BCUT2D eigenvalue weighted by molar-refractivity contribution is 7.89. The minimum Gasteiger partial charge on any atom is -0.316 e. The molecule has 1 amide bonds.